The van der Waals surface area contributed by atoms with Gasteiger partial charge in [-0.2, -0.15) is 5.26 Å². The molecule has 0 aliphatic carbocycles. The molecule has 0 aromatic heterocycles. The Balaban J connectivity index is 1.89. The van der Waals surface area contributed by atoms with E-state index in [0.717, 1.165) is 0 Å². The van der Waals surface area contributed by atoms with Gasteiger partial charge in [0.05, 0.1) is 5.56 Å². The third-order valence-corrected chi connectivity index (χ3v) is 3.55. The molecule has 2 aromatic rings. The summed E-state index contributed by atoms with van der Waals surface area (Å²) in [5, 5.41) is 14.4. The summed E-state index contributed by atoms with van der Waals surface area (Å²) in [6.07, 6.45) is -0.784. The van der Waals surface area contributed by atoms with Gasteiger partial charge in [0.1, 0.15) is 17.6 Å². The Morgan fingerprint density at radius 1 is 1.15 bits per heavy atom. The van der Waals surface area contributed by atoms with E-state index in [4.69, 9.17) is 14.7 Å². The minimum atomic E-state index is -0.784. The normalized spacial score (nSPS) is 11.0. The van der Waals surface area contributed by atoms with Gasteiger partial charge in [-0.1, -0.05) is 12.1 Å². The van der Waals surface area contributed by atoms with Gasteiger partial charge in [0.15, 0.2) is 12.7 Å². The van der Waals surface area contributed by atoms with Crippen molar-refractivity contribution in [3.8, 4) is 17.6 Å². The van der Waals surface area contributed by atoms with E-state index in [-0.39, 0.29) is 18.4 Å². The van der Waals surface area contributed by atoms with Crippen molar-refractivity contribution in [3.63, 3.8) is 0 Å². The van der Waals surface area contributed by atoms with Crippen LogP contribution >= 0.6 is 0 Å². The van der Waals surface area contributed by atoms with Crippen LogP contribution < -0.4 is 20.1 Å². The quantitative estimate of drug-likeness (QED) is 0.746. The van der Waals surface area contributed by atoms with Crippen LogP contribution in [0.1, 0.15) is 19.4 Å². The van der Waals surface area contributed by atoms with Crippen molar-refractivity contribution < 1.29 is 19.1 Å². The summed E-state index contributed by atoms with van der Waals surface area (Å²) in [6, 6.07) is 15.4. The molecule has 140 valence electrons. The van der Waals surface area contributed by atoms with E-state index in [1.807, 2.05) is 13.0 Å². The van der Waals surface area contributed by atoms with Crippen molar-refractivity contribution in [2.75, 3.05) is 18.5 Å². The maximum absolute atomic E-state index is 12.3. The Hall–Kier alpha value is -3.53. The van der Waals surface area contributed by atoms with Crippen LogP contribution in [0.25, 0.3) is 0 Å². The number of carbonyl (C=O) groups is 2. The first-order chi connectivity index (χ1) is 13.0. The van der Waals surface area contributed by atoms with Crippen LogP contribution in [0.4, 0.5) is 5.69 Å². The first-order valence-electron chi connectivity index (χ1n) is 8.49. The van der Waals surface area contributed by atoms with Gasteiger partial charge in [-0.15, -0.1) is 0 Å². The maximum atomic E-state index is 12.3. The molecule has 0 saturated heterocycles. The number of benzene rings is 2. The molecule has 2 aromatic carbocycles. The molecule has 27 heavy (non-hydrogen) atoms. The van der Waals surface area contributed by atoms with Crippen molar-refractivity contribution >= 4 is 17.5 Å². The van der Waals surface area contributed by atoms with Crippen molar-refractivity contribution in [2.45, 2.75) is 20.0 Å². The molecule has 0 radical (unpaired) electrons. The largest absolute Gasteiger partial charge is 0.484 e. The van der Waals surface area contributed by atoms with Crippen LogP contribution in [0.5, 0.6) is 11.5 Å². The van der Waals surface area contributed by atoms with E-state index in [1.165, 1.54) is 0 Å². The smallest absolute Gasteiger partial charge is 0.265 e. The Morgan fingerprint density at radius 2 is 1.85 bits per heavy atom. The van der Waals surface area contributed by atoms with Gasteiger partial charge in [-0.3, -0.25) is 9.59 Å². The van der Waals surface area contributed by atoms with E-state index >= 15 is 0 Å². The molecule has 0 saturated carbocycles. The number of para-hydroxylation sites is 1. The van der Waals surface area contributed by atoms with Gasteiger partial charge >= 0.3 is 0 Å². The third-order valence-electron chi connectivity index (χ3n) is 3.55. The summed E-state index contributed by atoms with van der Waals surface area (Å²) in [6.45, 7) is 3.92. The monoisotopic (exact) mass is 367 g/mol. The number of likely N-dealkylation sites (N-methyl/N-ethyl adjacent to an activating group) is 1. The standard InChI is InChI=1S/C20H21N3O4/c1-3-22-19(24)13-26-17-10-8-16(9-11-17)23-20(25)14(2)27-18-7-5-4-6-15(18)12-21/h4-11,14H,3,13H2,1-2H3,(H,22,24)(H,23,25). The number of hydrogen-bond donors (Lipinski definition) is 2. The van der Waals surface area contributed by atoms with Gasteiger partial charge in [-0.25, -0.2) is 0 Å². The maximum Gasteiger partial charge on any atom is 0.265 e. The van der Waals surface area contributed by atoms with Crippen LogP contribution in [0.2, 0.25) is 0 Å². The molecule has 0 spiro atoms. The van der Waals surface area contributed by atoms with E-state index in [9.17, 15) is 9.59 Å². The minimum absolute atomic E-state index is 0.0667. The molecule has 1 atom stereocenters. The average molecular weight is 367 g/mol. The fourth-order valence-corrected chi connectivity index (χ4v) is 2.18. The molecule has 0 aliphatic rings. The van der Waals surface area contributed by atoms with Crippen LogP contribution in [-0.2, 0) is 9.59 Å². The lowest BCUT2D eigenvalue weighted by Gasteiger charge is -2.15. The lowest BCUT2D eigenvalue weighted by Crippen LogP contribution is -2.30. The fraction of sp³-hybridized carbons (Fsp3) is 0.250. The van der Waals surface area contributed by atoms with Gasteiger partial charge in [0, 0.05) is 12.2 Å². The zero-order valence-electron chi connectivity index (χ0n) is 15.2. The number of hydrogen-bond acceptors (Lipinski definition) is 5. The molecule has 7 nitrogen and oxygen atoms in total. The molecule has 7 heteroatoms. The molecule has 0 aliphatic heterocycles. The summed E-state index contributed by atoms with van der Waals surface area (Å²) >= 11 is 0. The zero-order valence-corrected chi connectivity index (χ0v) is 15.2. The lowest BCUT2D eigenvalue weighted by molar-refractivity contribution is -0.123. The molecular formula is C20H21N3O4. The average Bonchev–Trinajstić information content (AvgIpc) is 2.68. The highest BCUT2D eigenvalue weighted by Crippen LogP contribution is 2.19. The summed E-state index contributed by atoms with van der Waals surface area (Å²) < 4.78 is 10.9. The summed E-state index contributed by atoms with van der Waals surface area (Å²) in [4.78, 5) is 23.7. The number of amides is 2. The predicted octanol–water partition coefficient (Wildman–Crippen LogP) is 2.48. The number of ether oxygens (including phenoxy) is 2. The molecule has 2 rings (SSSR count). The zero-order chi connectivity index (χ0) is 19.6. The summed E-state index contributed by atoms with van der Waals surface area (Å²) in [7, 11) is 0. The number of nitriles is 1. The van der Waals surface area contributed by atoms with Crippen LogP contribution in [0, 0.1) is 11.3 Å². The fourth-order valence-electron chi connectivity index (χ4n) is 2.18. The Labute approximate surface area is 157 Å². The second kappa shape index (κ2) is 9.82. The SMILES string of the molecule is CCNC(=O)COc1ccc(NC(=O)C(C)Oc2ccccc2C#N)cc1. The highest BCUT2D eigenvalue weighted by Gasteiger charge is 2.16. The van der Waals surface area contributed by atoms with E-state index < -0.39 is 6.10 Å². The summed E-state index contributed by atoms with van der Waals surface area (Å²) in [5.41, 5.74) is 0.931. The Morgan fingerprint density at radius 3 is 2.52 bits per heavy atom. The number of anilines is 1. The van der Waals surface area contributed by atoms with Crippen molar-refractivity contribution in [2.24, 2.45) is 0 Å². The van der Waals surface area contributed by atoms with Crippen LogP contribution in [0.3, 0.4) is 0 Å². The van der Waals surface area contributed by atoms with Gasteiger partial charge < -0.3 is 20.1 Å². The van der Waals surface area contributed by atoms with E-state index in [0.29, 0.717) is 29.3 Å². The van der Waals surface area contributed by atoms with Crippen LogP contribution in [-0.4, -0.2) is 31.1 Å². The second-order valence-electron chi connectivity index (χ2n) is 5.62. The molecular weight excluding hydrogens is 346 g/mol. The Bertz CT molecular complexity index is 828. The van der Waals surface area contributed by atoms with Gasteiger partial charge in [0.2, 0.25) is 0 Å². The van der Waals surface area contributed by atoms with Gasteiger partial charge in [0.25, 0.3) is 11.8 Å². The highest BCUT2D eigenvalue weighted by atomic mass is 16.5. The molecule has 2 amide bonds. The number of nitrogens with zero attached hydrogens (tertiary/aromatic N) is 1. The van der Waals surface area contributed by atoms with Crippen molar-refractivity contribution in [1.29, 1.82) is 5.26 Å². The number of rotatable bonds is 8. The van der Waals surface area contributed by atoms with Crippen molar-refractivity contribution in [1.82, 2.24) is 5.32 Å². The Kier molecular flexibility index (Phi) is 7.20. The summed E-state index contributed by atoms with van der Waals surface area (Å²) in [5.74, 6) is 0.334. The van der Waals surface area contributed by atoms with E-state index in [2.05, 4.69) is 10.6 Å². The molecule has 0 bridgehead atoms. The number of carbonyl (C=O) groups excluding carboxylic acids is 2. The first kappa shape index (κ1) is 19.8. The highest BCUT2D eigenvalue weighted by molar-refractivity contribution is 5.94. The van der Waals surface area contributed by atoms with Crippen molar-refractivity contribution in [3.05, 3.63) is 54.1 Å². The van der Waals surface area contributed by atoms with Gasteiger partial charge in [-0.05, 0) is 50.2 Å². The number of nitrogens with one attached hydrogen (secondary N) is 2. The topological polar surface area (TPSA) is 100 Å². The minimum Gasteiger partial charge on any atom is -0.484 e. The molecule has 0 heterocycles. The van der Waals surface area contributed by atoms with Crippen LogP contribution in [0.15, 0.2) is 48.5 Å². The lowest BCUT2D eigenvalue weighted by atomic mass is 10.2. The first-order valence-corrected chi connectivity index (χ1v) is 8.49. The molecule has 2 N–H and O–H groups in total. The predicted molar refractivity (Wildman–Crippen MR) is 100 cm³/mol. The van der Waals surface area contributed by atoms with E-state index in [1.54, 1.807) is 55.5 Å². The molecule has 1 unspecified atom stereocenters. The second-order valence-corrected chi connectivity index (χ2v) is 5.62. The third kappa shape index (κ3) is 6.04. The molecule has 0 fully saturated rings.